The van der Waals surface area contributed by atoms with Crippen LogP contribution in [0.25, 0.3) is 16.9 Å². The summed E-state index contributed by atoms with van der Waals surface area (Å²) in [5.74, 6) is -0.200. The van der Waals surface area contributed by atoms with Crippen LogP contribution in [0.2, 0.25) is 0 Å². The maximum atomic E-state index is 11.9. The van der Waals surface area contributed by atoms with Gasteiger partial charge in [0.1, 0.15) is 6.42 Å². The third-order valence-electron chi connectivity index (χ3n) is 3.92. The van der Waals surface area contributed by atoms with Gasteiger partial charge >= 0.3 is 0 Å². The van der Waals surface area contributed by atoms with E-state index >= 15 is 0 Å². The van der Waals surface area contributed by atoms with Crippen molar-refractivity contribution in [3.05, 3.63) is 72.4 Å². The lowest BCUT2D eigenvalue weighted by Crippen LogP contribution is -2.25. The van der Waals surface area contributed by atoms with E-state index in [1.54, 1.807) is 11.9 Å². The van der Waals surface area contributed by atoms with Crippen LogP contribution in [0.4, 0.5) is 0 Å². The van der Waals surface area contributed by atoms with Crippen molar-refractivity contribution in [3.8, 4) is 23.0 Å². The number of rotatable bonds is 5. The van der Waals surface area contributed by atoms with E-state index in [1.807, 2.05) is 77.6 Å². The largest absolute Gasteiger partial charge is 0.340 e. The highest BCUT2D eigenvalue weighted by Gasteiger charge is 2.16. The number of hydrogen-bond donors (Lipinski definition) is 0. The quantitative estimate of drug-likeness (QED) is 0.720. The molecule has 0 fully saturated rings. The molecule has 124 valence electrons. The number of nitriles is 1. The van der Waals surface area contributed by atoms with Crippen LogP contribution in [-0.4, -0.2) is 27.6 Å². The number of hydrogen-bond acceptors (Lipinski definition) is 3. The number of carbonyl (C=O) groups excluding carboxylic acids is 1. The lowest BCUT2D eigenvalue weighted by atomic mass is 10.1. The molecule has 0 saturated carbocycles. The summed E-state index contributed by atoms with van der Waals surface area (Å²) in [5.41, 5.74) is 3.72. The second-order valence-electron chi connectivity index (χ2n) is 5.73. The van der Waals surface area contributed by atoms with Crippen LogP contribution in [0, 0.1) is 11.3 Å². The van der Waals surface area contributed by atoms with Crippen LogP contribution >= 0.6 is 0 Å². The Bertz CT molecular complexity index is 894. The maximum absolute atomic E-state index is 11.9. The number of carbonyl (C=O) groups is 1. The molecule has 5 heteroatoms. The fraction of sp³-hybridized carbons (Fsp3) is 0.150. The van der Waals surface area contributed by atoms with E-state index in [9.17, 15) is 4.79 Å². The van der Waals surface area contributed by atoms with Gasteiger partial charge in [0, 0.05) is 30.9 Å². The van der Waals surface area contributed by atoms with E-state index in [0.717, 1.165) is 22.5 Å². The Hall–Kier alpha value is -3.39. The molecule has 1 aromatic heterocycles. The van der Waals surface area contributed by atoms with Gasteiger partial charge in [-0.25, -0.2) is 4.68 Å². The van der Waals surface area contributed by atoms with E-state index in [4.69, 9.17) is 10.4 Å². The fourth-order valence-corrected chi connectivity index (χ4v) is 2.62. The Morgan fingerprint density at radius 2 is 1.76 bits per heavy atom. The summed E-state index contributed by atoms with van der Waals surface area (Å²) in [6, 6.07) is 21.6. The van der Waals surface area contributed by atoms with Crippen molar-refractivity contribution in [2.45, 2.75) is 13.0 Å². The summed E-state index contributed by atoms with van der Waals surface area (Å²) in [7, 11) is 1.70. The van der Waals surface area contributed by atoms with Gasteiger partial charge in [0.25, 0.3) is 0 Å². The number of benzene rings is 2. The van der Waals surface area contributed by atoms with E-state index in [2.05, 4.69) is 0 Å². The van der Waals surface area contributed by atoms with Gasteiger partial charge in [0.2, 0.25) is 5.91 Å². The molecule has 3 rings (SSSR count). The minimum absolute atomic E-state index is 0.121. The summed E-state index contributed by atoms with van der Waals surface area (Å²) in [4.78, 5) is 13.5. The molecule has 5 nitrogen and oxygen atoms in total. The average Bonchev–Trinajstić information content (AvgIpc) is 3.07. The van der Waals surface area contributed by atoms with Crippen LogP contribution < -0.4 is 0 Å². The Kier molecular flexibility index (Phi) is 4.91. The molecule has 1 heterocycles. The van der Waals surface area contributed by atoms with E-state index < -0.39 is 0 Å². The molecular weight excluding hydrogens is 312 g/mol. The normalized spacial score (nSPS) is 10.2. The molecule has 0 radical (unpaired) electrons. The molecule has 0 N–H and O–H groups in total. The average molecular weight is 330 g/mol. The molecule has 0 spiro atoms. The van der Waals surface area contributed by atoms with Crippen molar-refractivity contribution < 1.29 is 4.79 Å². The predicted molar refractivity (Wildman–Crippen MR) is 95.7 cm³/mol. The molecule has 25 heavy (non-hydrogen) atoms. The van der Waals surface area contributed by atoms with Gasteiger partial charge in [0.05, 0.1) is 17.5 Å². The molecule has 0 atom stereocenters. The van der Waals surface area contributed by atoms with Crippen molar-refractivity contribution in [1.29, 1.82) is 5.26 Å². The molecule has 0 aliphatic rings. The van der Waals surface area contributed by atoms with Gasteiger partial charge in [-0.3, -0.25) is 4.79 Å². The molecule has 2 aromatic carbocycles. The molecule has 1 amide bonds. The highest BCUT2D eigenvalue weighted by Crippen LogP contribution is 2.24. The molecule has 0 unspecified atom stereocenters. The maximum Gasteiger partial charge on any atom is 0.236 e. The van der Waals surface area contributed by atoms with E-state index in [0.29, 0.717) is 6.54 Å². The molecule has 0 aliphatic carbocycles. The summed E-state index contributed by atoms with van der Waals surface area (Å²) in [5, 5.41) is 13.4. The first kappa shape index (κ1) is 16.5. The SMILES string of the molecule is CN(Cc1cn(-c2ccccc2)nc1-c1ccccc1)C(=O)CC#N. The summed E-state index contributed by atoms with van der Waals surface area (Å²) >= 11 is 0. The highest BCUT2D eigenvalue weighted by molar-refractivity contribution is 5.78. The monoisotopic (exact) mass is 330 g/mol. The molecule has 0 saturated heterocycles. The van der Waals surface area contributed by atoms with Crippen LogP contribution in [0.5, 0.6) is 0 Å². The van der Waals surface area contributed by atoms with Crippen molar-refractivity contribution in [2.75, 3.05) is 7.05 Å². The predicted octanol–water partition coefficient (Wildman–Crippen LogP) is 3.41. The van der Waals surface area contributed by atoms with Crippen LogP contribution in [0.15, 0.2) is 66.9 Å². The van der Waals surface area contributed by atoms with E-state index in [1.165, 1.54) is 0 Å². The summed E-state index contributed by atoms with van der Waals surface area (Å²) in [6.07, 6.45) is 1.82. The number of nitrogens with zero attached hydrogens (tertiary/aromatic N) is 4. The van der Waals surface area contributed by atoms with Crippen LogP contribution in [0.1, 0.15) is 12.0 Å². The van der Waals surface area contributed by atoms with Gasteiger partial charge < -0.3 is 4.90 Å². The second-order valence-corrected chi connectivity index (χ2v) is 5.73. The zero-order chi connectivity index (χ0) is 17.6. The lowest BCUT2D eigenvalue weighted by molar-refractivity contribution is -0.129. The standard InChI is InChI=1S/C20H18N4O/c1-23(19(25)12-13-21)14-17-15-24(18-10-6-3-7-11-18)22-20(17)16-8-4-2-5-9-16/h2-11,15H,12,14H2,1H3. The minimum Gasteiger partial charge on any atom is -0.340 e. The number of para-hydroxylation sites is 1. The van der Waals surface area contributed by atoms with E-state index in [-0.39, 0.29) is 12.3 Å². The molecular formula is C20H18N4O. The molecule has 0 bridgehead atoms. The first-order valence-electron chi connectivity index (χ1n) is 7.99. The summed E-state index contributed by atoms with van der Waals surface area (Å²) in [6.45, 7) is 0.400. The van der Waals surface area contributed by atoms with Gasteiger partial charge in [-0.05, 0) is 12.1 Å². The zero-order valence-corrected chi connectivity index (χ0v) is 14.0. The topological polar surface area (TPSA) is 61.9 Å². The first-order valence-corrected chi connectivity index (χ1v) is 7.99. The number of aromatic nitrogens is 2. The molecule has 3 aromatic rings. The van der Waals surface area contributed by atoms with Crippen molar-refractivity contribution in [3.63, 3.8) is 0 Å². The third kappa shape index (κ3) is 3.75. The van der Waals surface area contributed by atoms with Gasteiger partial charge in [-0.1, -0.05) is 48.5 Å². The lowest BCUT2D eigenvalue weighted by Gasteiger charge is -2.15. The summed E-state index contributed by atoms with van der Waals surface area (Å²) < 4.78 is 1.82. The Labute approximate surface area is 146 Å². The fourth-order valence-electron chi connectivity index (χ4n) is 2.62. The van der Waals surface area contributed by atoms with Crippen LogP contribution in [-0.2, 0) is 11.3 Å². The number of amides is 1. The Balaban J connectivity index is 1.99. The molecule has 0 aliphatic heterocycles. The third-order valence-corrected chi connectivity index (χ3v) is 3.92. The van der Waals surface area contributed by atoms with Crippen molar-refractivity contribution >= 4 is 5.91 Å². The van der Waals surface area contributed by atoms with Gasteiger partial charge in [-0.2, -0.15) is 10.4 Å². The van der Waals surface area contributed by atoms with Crippen LogP contribution in [0.3, 0.4) is 0 Å². The minimum atomic E-state index is -0.200. The highest BCUT2D eigenvalue weighted by atomic mass is 16.2. The van der Waals surface area contributed by atoms with Gasteiger partial charge in [-0.15, -0.1) is 0 Å². The zero-order valence-electron chi connectivity index (χ0n) is 14.0. The van der Waals surface area contributed by atoms with Crippen molar-refractivity contribution in [1.82, 2.24) is 14.7 Å². The Morgan fingerprint density at radius 1 is 1.12 bits per heavy atom. The first-order chi connectivity index (χ1) is 12.2. The Morgan fingerprint density at radius 3 is 2.40 bits per heavy atom. The van der Waals surface area contributed by atoms with Crippen molar-refractivity contribution in [2.24, 2.45) is 0 Å². The van der Waals surface area contributed by atoms with Gasteiger partial charge in [0.15, 0.2) is 0 Å². The second kappa shape index (κ2) is 7.45. The smallest absolute Gasteiger partial charge is 0.236 e.